The molecule has 0 saturated carbocycles. The van der Waals surface area contributed by atoms with E-state index in [1.54, 1.807) is 12.4 Å². The molecule has 6 nitrogen and oxygen atoms in total. The van der Waals surface area contributed by atoms with E-state index in [0.717, 1.165) is 67.1 Å². The van der Waals surface area contributed by atoms with Crippen molar-refractivity contribution in [2.24, 2.45) is 0 Å². The highest BCUT2D eigenvalue weighted by Gasteiger charge is 2.16. The van der Waals surface area contributed by atoms with Crippen molar-refractivity contribution in [3.05, 3.63) is 152 Å². The van der Waals surface area contributed by atoms with Gasteiger partial charge in [0.1, 0.15) is 23.1 Å². The average molecular weight is 580 g/mol. The van der Waals surface area contributed by atoms with E-state index in [2.05, 4.69) is 104 Å². The Morgan fingerprint density at radius 3 is 1.58 bits per heavy atom. The van der Waals surface area contributed by atoms with Crippen molar-refractivity contribution in [3.63, 3.8) is 0 Å². The minimum absolute atomic E-state index is 0.750. The summed E-state index contributed by atoms with van der Waals surface area (Å²) in [5.41, 5.74) is 6.40. The number of para-hydroxylation sites is 2. The maximum atomic E-state index is 6.57. The minimum atomic E-state index is 0.750. The lowest BCUT2D eigenvalue weighted by atomic mass is 10.1. The first-order valence-corrected chi connectivity index (χ1v) is 14.8. The van der Waals surface area contributed by atoms with Crippen LogP contribution in [0.5, 0.6) is 11.5 Å². The quantitative estimate of drug-likeness (QED) is 0.204. The zero-order valence-corrected chi connectivity index (χ0v) is 24.1. The van der Waals surface area contributed by atoms with Gasteiger partial charge in [-0.3, -0.25) is 14.1 Å². The summed E-state index contributed by atoms with van der Waals surface area (Å²) in [6.45, 7) is 0. The summed E-state index contributed by atoms with van der Waals surface area (Å²) in [5, 5.41) is 4.64. The number of benzene rings is 4. The summed E-state index contributed by atoms with van der Waals surface area (Å²) in [6.07, 6.45) is 7.34. The van der Waals surface area contributed by atoms with Crippen LogP contribution >= 0.6 is 0 Å². The molecule has 5 heterocycles. The zero-order chi connectivity index (χ0) is 29.7. The Balaban J connectivity index is 1.16. The molecule has 212 valence electrons. The predicted molar refractivity (Wildman–Crippen MR) is 180 cm³/mol. The summed E-state index contributed by atoms with van der Waals surface area (Å²) in [7, 11) is 0. The van der Waals surface area contributed by atoms with E-state index in [4.69, 9.17) is 9.72 Å². The molecule has 0 aliphatic heterocycles. The molecule has 5 aromatic heterocycles. The summed E-state index contributed by atoms with van der Waals surface area (Å²) >= 11 is 0. The lowest BCUT2D eigenvalue weighted by Crippen LogP contribution is -1.97. The Hall–Kier alpha value is -6.27. The largest absolute Gasteiger partial charge is 0.457 e. The van der Waals surface area contributed by atoms with Gasteiger partial charge in [0.05, 0.1) is 22.1 Å². The molecule has 0 spiro atoms. The van der Waals surface area contributed by atoms with Gasteiger partial charge < -0.3 is 4.74 Å². The monoisotopic (exact) mass is 579 g/mol. The van der Waals surface area contributed by atoms with Gasteiger partial charge in [0.15, 0.2) is 0 Å². The van der Waals surface area contributed by atoms with Crippen LogP contribution in [0.3, 0.4) is 0 Å². The molecule has 0 atom stereocenters. The molecule has 4 aromatic carbocycles. The van der Waals surface area contributed by atoms with Crippen LogP contribution in [0.1, 0.15) is 0 Å². The Labute approximate surface area is 258 Å². The normalized spacial score (nSPS) is 11.6. The lowest BCUT2D eigenvalue weighted by molar-refractivity contribution is 0.484. The molecule has 6 heteroatoms. The number of ether oxygens (including phenoxy) is 1. The van der Waals surface area contributed by atoms with Gasteiger partial charge in [-0.25, -0.2) is 9.97 Å². The Morgan fingerprint density at radius 1 is 0.422 bits per heavy atom. The minimum Gasteiger partial charge on any atom is -0.457 e. The fourth-order valence-corrected chi connectivity index (χ4v) is 6.38. The molecule has 9 aromatic rings. The molecule has 45 heavy (non-hydrogen) atoms. The number of nitrogens with zero attached hydrogens (tertiary/aromatic N) is 5. The van der Waals surface area contributed by atoms with Crippen molar-refractivity contribution in [1.29, 1.82) is 0 Å². The van der Waals surface area contributed by atoms with Crippen LogP contribution in [-0.4, -0.2) is 24.1 Å². The van der Waals surface area contributed by atoms with Crippen LogP contribution in [-0.2, 0) is 0 Å². The highest BCUT2D eigenvalue weighted by molar-refractivity contribution is 6.10. The molecule has 0 N–H and O–H groups in total. The summed E-state index contributed by atoms with van der Waals surface area (Å²) in [5.74, 6) is 3.22. The van der Waals surface area contributed by atoms with E-state index < -0.39 is 0 Å². The first-order chi connectivity index (χ1) is 22.3. The molecule has 0 amide bonds. The first-order valence-electron chi connectivity index (χ1n) is 14.8. The maximum Gasteiger partial charge on any atom is 0.137 e. The van der Waals surface area contributed by atoms with Crippen molar-refractivity contribution in [1.82, 2.24) is 24.1 Å². The molecular formula is C39H25N5O. The zero-order valence-electron chi connectivity index (χ0n) is 24.1. The number of fused-ring (bicyclic) bond motifs is 6. The fourth-order valence-electron chi connectivity index (χ4n) is 6.38. The third kappa shape index (κ3) is 4.15. The number of pyridine rings is 3. The molecule has 9 rings (SSSR count). The van der Waals surface area contributed by atoms with Crippen LogP contribution in [0.4, 0.5) is 0 Å². The highest BCUT2D eigenvalue weighted by Crippen LogP contribution is 2.37. The van der Waals surface area contributed by atoms with E-state index in [-0.39, 0.29) is 0 Å². The van der Waals surface area contributed by atoms with Gasteiger partial charge in [-0.1, -0.05) is 42.5 Å². The van der Waals surface area contributed by atoms with Crippen molar-refractivity contribution in [2.45, 2.75) is 0 Å². The number of aromatic nitrogens is 5. The van der Waals surface area contributed by atoms with Gasteiger partial charge in [0.25, 0.3) is 0 Å². The second-order valence-electron chi connectivity index (χ2n) is 11.0. The van der Waals surface area contributed by atoms with Gasteiger partial charge in [0.2, 0.25) is 0 Å². The topological polar surface area (TPSA) is 57.8 Å². The molecular weight excluding hydrogens is 554 g/mol. The Bertz CT molecular complexity index is 2500. The second kappa shape index (κ2) is 10.2. The molecule has 0 aliphatic rings. The number of hydrogen-bond acceptors (Lipinski definition) is 4. The maximum absolute atomic E-state index is 6.57. The second-order valence-corrected chi connectivity index (χ2v) is 11.0. The summed E-state index contributed by atoms with van der Waals surface area (Å²) < 4.78 is 11.0. The van der Waals surface area contributed by atoms with Crippen LogP contribution in [0.2, 0.25) is 0 Å². The predicted octanol–water partition coefficient (Wildman–Crippen LogP) is 9.53. The van der Waals surface area contributed by atoms with Gasteiger partial charge in [0, 0.05) is 64.0 Å². The fraction of sp³-hybridized carbons (Fsp3) is 0. The molecule has 0 saturated heterocycles. The van der Waals surface area contributed by atoms with E-state index in [1.807, 2.05) is 54.9 Å². The summed E-state index contributed by atoms with van der Waals surface area (Å²) in [6, 6.07) is 43.6. The van der Waals surface area contributed by atoms with E-state index in [9.17, 15) is 0 Å². The van der Waals surface area contributed by atoms with Gasteiger partial charge in [-0.05, 0) is 78.4 Å². The van der Waals surface area contributed by atoms with Crippen LogP contribution in [0, 0.1) is 0 Å². The van der Waals surface area contributed by atoms with Gasteiger partial charge >= 0.3 is 0 Å². The smallest absolute Gasteiger partial charge is 0.137 e. The first kappa shape index (κ1) is 25.2. The highest BCUT2D eigenvalue weighted by atomic mass is 16.5. The third-order valence-corrected chi connectivity index (χ3v) is 8.40. The molecule has 0 radical (unpaired) electrons. The average Bonchev–Trinajstić information content (AvgIpc) is 3.61. The lowest BCUT2D eigenvalue weighted by Gasteiger charge is -2.11. The summed E-state index contributed by atoms with van der Waals surface area (Å²) in [4.78, 5) is 13.7. The van der Waals surface area contributed by atoms with Crippen LogP contribution < -0.4 is 4.74 Å². The van der Waals surface area contributed by atoms with E-state index in [1.165, 1.54) is 10.8 Å². The Kier molecular flexibility index (Phi) is 5.71. The van der Waals surface area contributed by atoms with Crippen molar-refractivity contribution in [2.75, 3.05) is 0 Å². The van der Waals surface area contributed by atoms with Crippen molar-refractivity contribution < 1.29 is 4.74 Å². The van der Waals surface area contributed by atoms with Gasteiger partial charge in [-0.2, -0.15) is 0 Å². The van der Waals surface area contributed by atoms with Crippen molar-refractivity contribution >= 4 is 43.6 Å². The number of rotatable bonds is 5. The van der Waals surface area contributed by atoms with Crippen LogP contribution in [0.25, 0.3) is 66.4 Å². The van der Waals surface area contributed by atoms with E-state index >= 15 is 0 Å². The molecule has 0 fully saturated rings. The number of hydrogen-bond donors (Lipinski definition) is 0. The molecule has 0 bridgehead atoms. The van der Waals surface area contributed by atoms with Gasteiger partial charge in [-0.15, -0.1) is 0 Å². The molecule has 0 unspecified atom stereocenters. The standard InChI is InChI=1S/C39H25N5O/c1-3-9-34-30(7-1)32-15-13-28(23-36(32)43(34)38-11-5-6-20-41-38)45-29-14-16-33-31-8-2-4-10-35(31)44(37(33)24-29)39-17-12-27(25-42-39)26-18-21-40-22-19-26/h1-25H. The third-order valence-electron chi connectivity index (χ3n) is 8.40. The van der Waals surface area contributed by atoms with Crippen molar-refractivity contribution in [3.8, 4) is 34.3 Å². The Morgan fingerprint density at radius 2 is 1.00 bits per heavy atom. The molecule has 0 aliphatic carbocycles. The SMILES string of the molecule is c1ccc(-n2c3ccccc3c3ccc(Oc4ccc5c6ccccc6n(-c6ccc(-c7ccncc7)cn6)c5c4)cc32)nc1. The van der Waals surface area contributed by atoms with Crippen LogP contribution in [0.15, 0.2) is 152 Å². The van der Waals surface area contributed by atoms with E-state index in [0.29, 0.717) is 0 Å².